The van der Waals surface area contributed by atoms with Crippen LogP contribution in [0.5, 0.6) is 6.01 Å². The van der Waals surface area contributed by atoms with Crippen molar-refractivity contribution in [3.63, 3.8) is 0 Å². The van der Waals surface area contributed by atoms with E-state index < -0.39 is 0 Å². The summed E-state index contributed by atoms with van der Waals surface area (Å²) in [6.07, 6.45) is 6.80. The normalized spacial score (nSPS) is 14.2. The summed E-state index contributed by atoms with van der Waals surface area (Å²) in [6, 6.07) is 6.14. The summed E-state index contributed by atoms with van der Waals surface area (Å²) >= 11 is 5.94. The first-order valence-corrected chi connectivity index (χ1v) is 7.89. The molecule has 1 N–H and O–H groups in total. The maximum absolute atomic E-state index is 5.94. The lowest BCUT2D eigenvalue weighted by Crippen LogP contribution is -2.03. The Kier molecular flexibility index (Phi) is 3.53. The molecule has 0 unspecified atom stereocenters. The lowest BCUT2D eigenvalue weighted by molar-refractivity contribution is 0.380. The second-order valence-electron chi connectivity index (χ2n) is 5.65. The molecule has 0 aliphatic heterocycles. The molecule has 0 radical (unpaired) electrons. The molecular weight excluding hydrogens is 314 g/mol. The molecule has 0 spiro atoms. The van der Waals surface area contributed by atoms with E-state index in [-0.39, 0.29) is 6.01 Å². The molecule has 0 aromatic carbocycles. The van der Waals surface area contributed by atoms with E-state index in [1.165, 1.54) is 25.5 Å². The van der Waals surface area contributed by atoms with Crippen LogP contribution in [0.2, 0.25) is 5.15 Å². The molecule has 7 heteroatoms. The number of hydrogen-bond donors (Lipinski definition) is 1. The molecular formula is C16H16ClN5O. The van der Waals surface area contributed by atoms with Crippen molar-refractivity contribution in [2.75, 3.05) is 12.4 Å². The summed E-state index contributed by atoms with van der Waals surface area (Å²) in [7, 11) is 1.51. The van der Waals surface area contributed by atoms with Crippen LogP contribution in [0.4, 0.5) is 5.82 Å². The number of methoxy groups -OCH3 is 1. The zero-order valence-electron chi connectivity index (χ0n) is 12.7. The predicted octanol–water partition coefficient (Wildman–Crippen LogP) is 3.28. The number of anilines is 1. The molecule has 118 valence electrons. The Hall–Kier alpha value is -2.34. The lowest BCUT2D eigenvalue weighted by atomic mass is 10.2. The summed E-state index contributed by atoms with van der Waals surface area (Å²) < 4.78 is 7.09. The zero-order valence-corrected chi connectivity index (χ0v) is 13.4. The Morgan fingerprint density at radius 1 is 1.26 bits per heavy atom. The molecule has 0 amide bonds. The highest BCUT2D eigenvalue weighted by Crippen LogP contribution is 2.39. The zero-order chi connectivity index (χ0) is 15.8. The van der Waals surface area contributed by atoms with Gasteiger partial charge in [-0.2, -0.15) is 9.97 Å². The van der Waals surface area contributed by atoms with Gasteiger partial charge in [-0.05, 0) is 30.4 Å². The van der Waals surface area contributed by atoms with Crippen LogP contribution in [0, 0.1) is 0 Å². The summed E-state index contributed by atoms with van der Waals surface area (Å²) in [4.78, 5) is 12.8. The van der Waals surface area contributed by atoms with Gasteiger partial charge in [-0.1, -0.05) is 17.7 Å². The molecule has 1 saturated carbocycles. The Bertz CT molecular complexity index is 859. The van der Waals surface area contributed by atoms with Gasteiger partial charge in [-0.25, -0.2) is 4.98 Å². The van der Waals surface area contributed by atoms with Crippen molar-refractivity contribution in [2.24, 2.45) is 0 Å². The van der Waals surface area contributed by atoms with Crippen molar-refractivity contribution in [3.8, 4) is 6.01 Å². The van der Waals surface area contributed by atoms with E-state index in [4.69, 9.17) is 16.3 Å². The second kappa shape index (κ2) is 5.70. The van der Waals surface area contributed by atoms with Crippen LogP contribution in [-0.4, -0.2) is 26.5 Å². The van der Waals surface area contributed by atoms with Crippen molar-refractivity contribution >= 4 is 23.1 Å². The van der Waals surface area contributed by atoms with Gasteiger partial charge in [0, 0.05) is 18.5 Å². The van der Waals surface area contributed by atoms with Crippen molar-refractivity contribution < 1.29 is 4.74 Å². The number of imidazole rings is 1. The van der Waals surface area contributed by atoms with Crippen molar-refractivity contribution in [1.82, 2.24) is 19.4 Å². The Morgan fingerprint density at radius 3 is 2.91 bits per heavy atom. The van der Waals surface area contributed by atoms with Crippen LogP contribution in [0.1, 0.15) is 30.0 Å². The number of nitrogens with one attached hydrogen (secondary N) is 1. The van der Waals surface area contributed by atoms with Gasteiger partial charge in [0.25, 0.3) is 0 Å². The van der Waals surface area contributed by atoms with E-state index in [2.05, 4.69) is 43.0 Å². The molecule has 3 heterocycles. The first kappa shape index (κ1) is 14.3. The number of aromatic nitrogens is 4. The first-order valence-electron chi connectivity index (χ1n) is 7.51. The number of pyridine rings is 1. The van der Waals surface area contributed by atoms with Gasteiger partial charge < -0.3 is 14.5 Å². The fourth-order valence-electron chi connectivity index (χ4n) is 2.56. The summed E-state index contributed by atoms with van der Waals surface area (Å²) in [5.41, 5.74) is 3.28. The third kappa shape index (κ3) is 3.07. The van der Waals surface area contributed by atoms with E-state index in [0.29, 0.717) is 17.5 Å². The molecule has 0 atom stereocenters. The van der Waals surface area contributed by atoms with Crippen LogP contribution >= 0.6 is 11.6 Å². The molecule has 0 bridgehead atoms. The quantitative estimate of drug-likeness (QED) is 0.728. The molecule has 0 saturated heterocycles. The Morgan fingerprint density at radius 2 is 2.13 bits per heavy atom. The highest BCUT2D eigenvalue weighted by atomic mass is 35.5. The highest BCUT2D eigenvalue weighted by molar-refractivity contribution is 6.29. The summed E-state index contributed by atoms with van der Waals surface area (Å²) in [5, 5.41) is 3.53. The average Bonchev–Trinajstić information content (AvgIpc) is 3.31. The molecule has 1 fully saturated rings. The maximum Gasteiger partial charge on any atom is 0.319 e. The van der Waals surface area contributed by atoms with E-state index >= 15 is 0 Å². The molecule has 3 aromatic heterocycles. The minimum absolute atomic E-state index is 0.240. The van der Waals surface area contributed by atoms with Crippen molar-refractivity contribution in [3.05, 3.63) is 47.0 Å². The first-order chi connectivity index (χ1) is 11.2. The number of ether oxygens (including phenoxy) is 1. The molecule has 1 aliphatic rings. The van der Waals surface area contributed by atoms with Gasteiger partial charge in [0.2, 0.25) is 0 Å². The highest BCUT2D eigenvalue weighted by Gasteiger charge is 2.23. The van der Waals surface area contributed by atoms with E-state index in [1.54, 1.807) is 6.07 Å². The standard InChI is InChI=1S/C16H16ClN5O/c1-23-16-20-13(17)6-14(21-16)18-7-12-9-22-8-11(10-2-3-10)4-5-15(22)19-12/h4-6,8-10H,2-3,7H2,1H3,(H,18,20,21). The average molecular weight is 330 g/mol. The Balaban J connectivity index is 1.52. The number of rotatable bonds is 5. The van der Waals surface area contributed by atoms with Gasteiger partial charge in [0.1, 0.15) is 16.6 Å². The van der Waals surface area contributed by atoms with Gasteiger partial charge in [0.05, 0.1) is 19.3 Å². The lowest BCUT2D eigenvalue weighted by Gasteiger charge is -2.05. The molecule has 23 heavy (non-hydrogen) atoms. The Labute approximate surface area is 138 Å². The van der Waals surface area contributed by atoms with E-state index in [0.717, 1.165) is 17.3 Å². The van der Waals surface area contributed by atoms with Gasteiger partial charge >= 0.3 is 6.01 Å². The van der Waals surface area contributed by atoms with Gasteiger partial charge in [-0.3, -0.25) is 0 Å². The second-order valence-corrected chi connectivity index (χ2v) is 6.04. The monoisotopic (exact) mass is 329 g/mol. The van der Waals surface area contributed by atoms with Gasteiger partial charge in [-0.15, -0.1) is 0 Å². The smallest absolute Gasteiger partial charge is 0.319 e. The maximum atomic E-state index is 5.94. The fraction of sp³-hybridized carbons (Fsp3) is 0.312. The number of halogens is 1. The van der Waals surface area contributed by atoms with Crippen LogP contribution in [0.25, 0.3) is 5.65 Å². The van der Waals surface area contributed by atoms with Crippen molar-refractivity contribution in [1.29, 1.82) is 0 Å². The van der Waals surface area contributed by atoms with Crippen LogP contribution in [0.3, 0.4) is 0 Å². The molecule has 6 nitrogen and oxygen atoms in total. The molecule has 1 aliphatic carbocycles. The third-order valence-electron chi connectivity index (χ3n) is 3.88. The van der Waals surface area contributed by atoms with Crippen LogP contribution < -0.4 is 10.1 Å². The largest absolute Gasteiger partial charge is 0.467 e. The number of fused-ring (bicyclic) bond motifs is 1. The molecule has 3 aromatic rings. The number of nitrogens with zero attached hydrogens (tertiary/aromatic N) is 4. The van der Waals surface area contributed by atoms with Crippen LogP contribution in [-0.2, 0) is 6.54 Å². The topological polar surface area (TPSA) is 64.3 Å². The molecule has 4 rings (SSSR count). The summed E-state index contributed by atoms with van der Waals surface area (Å²) in [6.45, 7) is 0.553. The number of hydrogen-bond acceptors (Lipinski definition) is 5. The van der Waals surface area contributed by atoms with E-state index in [1.807, 2.05) is 6.20 Å². The summed E-state index contributed by atoms with van der Waals surface area (Å²) in [5.74, 6) is 1.34. The SMILES string of the molecule is COc1nc(Cl)cc(NCc2cn3cc(C4CC4)ccc3n2)n1. The minimum Gasteiger partial charge on any atom is -0.467 e. The van der Waals surface area contributed by atoms with Crippen LogP contribution in [0.15, 0.2) is 30.6 Å². The van der Waals surface area contributed by atoms with Gasteiger partial charge in [0.15, 0.2) is 0 Å². The minimum atomic E-state index is 0.240. The van der Waals surface area contributed by atoms with E-state index in [9.17, 15) is 0 Å². The fourth-order valence-corrected chi connectivity index (χ4v) is 2.74. The predicted molar refractivity (Wildman–Crippen MR) is 88.1 cm³/mol. The third-order valence-corrected chi connectivity index (χ3v) is 4.07. The van der Waals surface area contributed by atoms with Crippen molar-refractivity contribution in [2.45, 2.75) is 25.3 Å².